The van der Waals surface area contributed by atoms with Gasteiger partial charge in [0.1, 0.15) is 11.9 Å². The molecule has 0 aromatic heterocycles. The maximum absolute atomic E-state index is 7.96. The minimum atomic E-state index is -2.93. The van der Waals surface area contributed by atoms with Crippen LogP contribution in [0.25, 0.3) is 0 Å². The number of ether oxygens (including phenoxy) is 3. The Labute approximate surface area is 384 Å². The fourth-order valence-electron chi connectivity index (χ4n) is 12.4. The minimum absolute atomic E-state index is 0.0199. The summed E-state index contributed by atoms with van der Waals surface area (Å²) in [6, 6.07) is 54.1. The second-order valence-corrected chi connectivity index (χ2v) is 29.9. The lowest BCUT2D eigenvalue weighted by atomic mass is 9.55. The molecule has 3 aliphatic carbocycles. The summed E-state index contributed by atoms with van der Waals surface area (Å²) in [4.78, 5) is 0. The van der Waals surface area contributed by atoms with Crippen molar-refractivity contribution >= 4 is 54.8 Å². The molecule has 0 N–H and O–H groups in total. The summed E-state index contributed by atoms with van der Waals surface area (Å²) in [5.74, 6) is 2.86. The molecule has 9 atom stereocenters. The van der Waals surface area contributed by atoms with Crippen molar-refractivity contribution in [1.82, 2.24) is 0 Å². The van der Waals surface area contributed by atoms with Crippen LogP contribution in [0.1, 0.15) is 73.6 Å². The molecule has 1 aliphatic heterocycles. The fourth-order valence-corrected chi connectivity index (χ4v) is 21.8. The molecule has 5 nitrogen and oxygen atoms in total. The van der Waals surface area contributed by atoms with Crippen molar-refractivity contribution in [2.24, 2.45) is 35.5 Å². The molecule has 8 heteroatoms. The smallest absolute Gasteiger partial charge is 0.358 e. The van der Waals surface area contributed by atoms with Crippen molar-refractivity contribution in [1.29, 1.82) is 0 Å². The van der Waals surface area contributed by atoms with Crippen molar-refractivity contribution in [2.45, 2.75) is 102 Å². The first kappa shape index (κ1) is 44.3. The number of hydrogen-bond acceptors (Lipinski definition) is 6. The van der Waals surface area contributed by atoms with Crippen LogP contribution in [0.15, 0.2) is 152 Å². The van der Waals surface area contributed by atoms with E-state index in [1.807, 2.05) is 30.3 Å². The summed E-state index contributed by atoms with van der Waals surface area (Å²) in [5, 5.41) is 4.99. The molecule has 0 spiro atoms. The number of thiocarbonyl (C=S) groups is 1. The predicted molar refractivity (Wildman–Crippen MR) is 264 cm³/mol. The van der Waals surface area contributed by atoms with Crippen LogP contribution >= 0.6 is 12.2 Å². The van der Waals surface area contributed by atoms with Crippen LogP contribution in [0.2, 0.25) is 10.1 Å². The second-order valence-electron chi connectivity index (χ2n) is 21.0. The molecule has 3 saturated carbocycles. The van der Waals surface area contributed by atoms with Crippen LogP contribution in [-0.4, -0.2) is 53.4 Å². The molecule has 4 fully saturated rings. The Kier molecular flexibility index (Phi) is 12.8. The van der Waals surface area contributed by atoms with Gasteiger partial charge in [-0.25, -0.2) is 0 Å². The lowest BCUT2D eigenvalue weighted by Gasteiger charge is -2.54. The van der Waals surface area contributed by atoms with Gasteiger partial charge in [0.15, 0.2) is 0 Å². The standard InChI is InChI=1S/C55H66O5SSi2/c1-54(2,3)62(44-24-14-8-15-25-44,45-26-16-9-17-27-45)56-37-42-33-41-32-39-35-50-51(59-50)36-40(39)34-48(41)52(60-53(61)58-43-22-12-7-13-23-43)49(42)38-57-63(55(4,5)6,46-28-18-10-19-29-46)47-30-20-11-21-31-47/h7-31,39-42,48-52H,32-38H2,1-6H3/t39-,40+,41-,42+,48-,49+,50+,51-,52-/m1/s1. The molecule has 0 unspecified atom stereocenters. The highest BCUT2D eigenvalue weighted by Gasteiger charge is 2.58. The zero-order valence-corrected chi connectivity index (χ0v) is 40.8. The predicted octanol–water partition coefficient (Wildman–Crippen LogP) is 10.3. The van der Waals surface area contributed by atoms with Gasteiger partial charge in [0.05, 0.1) is 12.2 Å². The molecular formula is C55H66O5SSi2. The molecule has 330 valence electrons. The monoisotopic (exact) mass is 894 g/mol. The zero-order valence-electron chi connectivity index (χ0n) is 38.0. The maximum atomic E-state index is 7.96. The molecule has 0 bridgehead atoms. The van der Waals surface area contributed by atoms with Gasteiger partial charge in [-0.3, -0.25) is 0 Å². The van der Waals surface area contributed by atoms with E-state index < -0.39 is 16.6 Å². The van der Waals surface area contributed by atoms with E-state index in [9.17, 15) is 0 Å². The summed E-state index contributed by atoms with van der Waals surface area (Å²) in [7, 11) is -5.81. The Morgan fingerprint density at radius 3 is 1.38 bits per heavy atom. The van der Waals surface area contributed by atoms with E-state index in [4.69, 9.17) is 35.3 Å². The first-order chi connectivity index (χ1) is 30.4. The molecule has 0 radical (unpaired) electrons. The van der Waals surface area contributed by atoms with Gasteiger partial charge in [-0.1, -0.05) is 181 Å². The molecule has 63 heavy (non-hydrogen) atoms. The highest BCUT2D eigenvalue weighted by Crippen LogP contribution is 2.57. The molecule has 5 aromatic carbocycles. The van der Waals surface area contributed by atoms with Crippen LogP contribution in [0.5, 0.6) is 5.75 Å². The number of para-hydroxylation sites is 1. The third-order valence-corrected chi connectivity index (χ3v) is 25.5. The number of benzene rings is 5. The third kappa shape index (κ3) is 8.81. The Morgan fingerprint density at radius 1 is 0.524 bits per heavy atom. The average molecular weight is 895 g/mol. The van der Waals surface area contributed by atoms with Crippen LogP contribution < -0.4 is 25.5 Å². The van der Waals surface area contributed by atoms with Gasteiger partial charge in [0.25, 0.3) is 16.6 Å². The summed E-state index contributed by atoms with van der Waals surface area (Å²) in [5.41, 5.74) is 0. The maximum Gasteiger partial charge on any atom is 0.358 e. The largest absolute Gasteiger partial charge is 0.453 e. The molecule has 1 saturated heterocycles. The van der Waals surface area contributed by atoms with Crippen LogP contribution in [0.4, 0.5) is 0 Å². The normalized spacial score (nSPS) is 27.0. The fraction of sp³-hybridized carbons (Fsp3) is 0.436. The molecule has 1 heterocycles. The zero-order chi connectivity index (χ0) is 43.8. The van der Waals surface area contributed by atoms with E-state index in [-0.39, 0.29) is 33.3 Å². The van der Waals surface area contributed by atoms with Crippen LogP contribution in [0, 0.1) is 35.5 Å². The summed E-state index contributed by atoms with van der Waals surface area (Å²) >= 11 is 6.09. The van der Waals surface area contributed by atoms with Crippen molar-refractivity contribution < 1.29 is 23.1 Å². The van der Waals surface area contributed by atoms with E-state index in [1.165, 1.54) is 33.6 Å². The lowest BCUT2D eigenvalue weighted by Crippen LogP contribution is -2.68. The van der Waals surface area contributed by atoms with Crippen molar-refractivity contribution in [2.75, 3.05) is 13.2 Å². The number of rotatable bonds is 12. The Balaban J connectivity index is 1.15. The van der Waals surface area contributed by atoms with E-state index >= 15 is 0 Å². The highest BCUT2D eigenvalue weighted by atomic mass is 32.1. The topological polar surface area (TPSA) is 49.5 Å². The average Bonchev–Trinajstić information content (AvgIpc) is 4.05. The van der Waals surface area contributed by atoms with Gasteiger partial charge in [0, 0.05) is 31.3 Å². The first-order valence-electron chi connectivity index (χ1n) is 23.5. The minimum Gasteiger partial charge on any atom is -0.453 e. The first-order valence-corrected chi connectivity index (χ1v) is 27.7. The SMILES string of the molecule is CC(C)(C)[Si](OC[C@@H]1C[C@H]2C[C@@H]3C[C@@H]4O[C@@H]4C[C@@H]3C[C@H]2[C@@H](OC(=S)Oc2ccccc2)[C@H]1CO[Si](c1ccccc1)(c1ccccc1)C(C)(C)C)(c1ccccc1)c1ccccc1. The number of hydrogen-bond donors (Lipinski definition) is 0. The van der Waals surface area contributed by atoms with Gasteiger partial charge in [-0.15, -0.1) is 0 Å². The number of epoxide rings is 1. The summed E-state index contributed by atoms with van der Waals surface area (Å²) in [6.45, 7) is 15.4. The molecule has 4 aliphatic rings. The van der Waals surface area contributed by atoms with Crippen LogP contribution in [-0.2, 0) is 18.3 Å². The Hall–Kier alpha value is -3.90. The number of fused-ring (bicyclic) bond motifs is 3. The lowest BCUT2D eigenvalue weighted by molar-refractivity contribution is -0.103. The highest BCUT2D eigenvalue weighted by molar-refractivity contribution is 7.79. The van der Waals surface area contributed by atoms with Crippen molar-refractivity contribution in [3.05, 3.63) is 152 Å². The van der Waals surface area contributed by atoms with Crippen molar-refractivity contribution in [3.63, 3.8) is 0 Å². The van der Waals surface area contributed by atoms with Crippen molar-refractivity contribution in [3.8, 4) is 5.75 Å². The van der Waals surface area contributed by atoms with Gasteiger partial charge in [0.2, 0.25) is 0 Å². The van der Waals surface area contributed by atoms with E-state index in [0.29, 0.717) is 54.8 Å². The van der Waals surface area contributed by atoms with Gasteiger partial charge in [-0.2, -0.15) is 0 Å². The Bertz CT molecular complexity index is 2190. The molecule has 0 amide bonds. The summed E-state index contributed by atoms with van der Waals surface area (Å²) in [6.07, 6.45) is 6.35. The van der Waals surface area contributed by atoms with E-state index in [2.05, 4.69) is 163 Å². The van der Waals surface area contributed by atoms with E-state index in [1.54, 1.807) is 0 Å². The van der Waals surface area contributed by atoms with Gasteiger partial charge >= 0.3 is 5.24 Å². The third-order valence-electron chi connectivity index (χ3n) is 15.3. The van der Waals surface area contributed by atoms with Gasteiger partial charge in [-0.05, 0) is 105 Å². The summed E-state index contributed by atoms with van der Waals surface area (Å²) < 4.78 is 35.7. The molecule has 5 aromatic rings. The van der Waals surface area contributed by atoms with E-state index in [0.717, 1.165) is 19.3 Å². The second kappa shape index (κ2) is 18.2. The van der Waals surface area contributed by atoms with Crippen LogP contribution in [0.3, 0.4) is 0 Å². The molecular weight excluding hydrogens is 829 g/mol. The van der Waals surface area contributed by atoms with Gasteiger partial charge < -0.3 is 23.1 Å². The Morgan fingerprint density at radius 2 is 0.937 bits per heavy atom. The quantitative estimate of drug-likeness (QED) is 0.0707. The molecule has 9 rings (SSSR count).